The molecule has 0 aliphatic rings. The van der Waals surface area contributed by atoms with Crippen molar-refractivity contribution < 1.29 is 4.42 Å². The Hall–Kier alpha value is -3.43. The van der Waals surface area contributed by atoms with Crippen LogP contribution >= 0.6 is 34.5 Å². The van der Waals surface area contributed by atoms with Gasteiger partial charge >= 0.3 is 5.63 Å². The number of nitrogens with zero attached hydrogens (tertiary/aromatic N) is 2. The van der Waals surface area contributed by atoms with Gasteiger partial charge in [0.2, 0.25) is 0 Å². The molecule has 2 heterocycles. The van der Waals surface area contributed by atoms with Gasteiger partial charge in [-0.25, -0.2) is 9.78 Å². The van der Waals surface area contributed by atoms with Crippen molar-refractivity contribution >= 4 is 67.9 Å². The number of benzene rings is 3. The molecule has 0 saturated heterocycles. The highest BCUT2D eigenvalue weighted by atomic mass is 35.5. The van der Waals surface area contributed by atoms with E-state index in [2.05, 4.69) is 11.1 Å². The number of hydrogen-bond donors (Lipinski definition) is 0. The molecule has 154 valence electrons. The highest BCUT2D eigenvalue weighted by molar-refractivity contribution is 7.11. The second-order valence-corrected chi connectivity index (χ2v) is 8.72. The van der Waals surface area contributed by atoms with E-state index in [1.54, 1.807) is 41.8 Å². The van der Waals surface area contributed by atoms with Crippen LogP contribution in [0.3, 0.4) is 0 Å². The quantitative estimate of drug-likeness (QED) is 0.155. The van der Waals surface area contributed by atoms with Crippen molar-refractivity contribution in [2.24, 2.45) is 0 Å². The van der Waals surface area contributed by atoms with Gasteiger partial charge in [0.05, 0.1) is 16.8 Å². The van der Waals surface area contributed by atoms with Crippen LogP contribution < -0.4 is 5.63 Å². The predicted octanol–water partition coefficient (Wildman–Crippen LogP) is 7.44. The zero-order chi connectivity index (χ0) is 22.2. The Morgan fingerprint density at radius 2 is 1.91 bits per heavy atom. The maximum atomic E-state index is 12.7. The summed E-state index contributed by atoms with van der Waals surface area (Å²) in [5, 5.41) is 15.7. The van der Waals surface area contributed by atoms with Crippen LogP contribution in [-0.2, 0) is 0 Å². The third kappa shape index (κ3) is 3.69. The molecule has 0 unspecified atom stereocenters. The highest BCUT2D eigenvalue weighted by Crippen LogP contribution is 2.31. The molecule has 5 aromatic rings. The van der Waals surface area contributed by atoms with Crippen molar-refractivity contribution in [3.8, 4) is 17.3 Å². The Morgan fingerprint density at radius 1 is 1.06 bits per heavy atom. The van der Waals surface area contributed by atoms with Crippen molar-refractivity contribution in [2.45, 2.75) is 0 Å². The highest BCUT2D eigenvalue weighted by Gasteiger charge is 2.15. The third-order valence-electron chi connectivity index (χ3n) is 5.04. The van der Waals surface area contributed by atoms with Crippen molar-refractivity contribution in [3.05, 3.63) is 97.1 Å². The second-order valence-electron chi connectivity index (χ2n) is 7.02. The first kappa shape index (κ1) is 20.5. The average molecular weight is 475 g/mol. The topological polar surface area (TPSA) is 66.9 Å². The fraction of sp³-hybridized carbons (Fsp3) is 0. The summed E-state index contributed by atoms with van der Waals surface area (Å²) in [5.41, 5.74) is 1.83. The van der Waals surface area contributed by atoms with E-state index in [-0.39, 0.29) is 0 Å². The first-order chi connectivity index (χ1) is 15.5. The van der Waals surface area contributed by atoms with Gasteiger partial charge in [-0.1, -0.05) is 59.6 Å². The lowest BCUT2D eigenvalue weighted by Crippen LogP contribution is -2.03. The third-order valence-corrected chi connectivity index (χ3v) is 6.47. The van der Waals surface area contributed by atoms with Gasteiger partial charge in [-0.05, 0) is 46.7 Å². The molecule has 0 fully saturated rings. The van der Waals surface area contributed by atoms with Gasteiger partial charge in [0.25, 0.3) is 0 Å². The molecule has 0 bridgehead atoms. The number of allylic oxidation sites excluding steroid dienone is 1. The van der Waals surface area contributed by atoms with E-state index in [0.717, 1.165) is 16.2 Å². The molecule has 0 radical (unpaired) electrons. The Balaban J connectivity index is 1.61. The molecular weight excluding hydrogens is 463 g/mol. The summed E-state index contributed by atoms with van der Waals surface area (Å²) < 4.78 is 5.57. The fourth-order valence-electron chi connectivity index (χ4n) is 3.49. The number of rotatable bonds is 3. The number of halogens is 2. The summed E-state index contributed by atoms with van der Waals surface area (Å²) in [6.07, 6.45) is 1.65. The van der Waals surface area contributed by atoms with Gasteiger partial charge in [-0.2, -0.15) is 5.26 Å². The van der Waals surface area contributed by atoms with Crippen LogP contribution in [0.2, 0.25) is 10.0 Å². The second kappa shape index (κ2) is 8.25. The Bertz CT molecular complexity index is 1640. The summed E-state index contributed by atoms with van der Waals surface area (Å²) in [7, 11) is 0. The van der Waals surface area contributed by atoms with Crippen LogP contribution in [0.25, 0.3) is 44.6 Å². The molecule has 0 amide bonds. The number of nitriles is 1. The van der Waals surface area contributed by atoms with Crippen LogP contribution in [0.1, 0.15) is 10.6 Å². The van der Waals surface area contributed by atoms with Gasteiger partial charge in [-0.3, -0.25) is 0 Å². The molecular formula is C25H12Cl2N2O2S. The van der Waals surface area contributed by atoms with E-state index in [1.807, 2.05) is 30.3 Å². The summed E-state index contributed by atoms with van der Waals surface area (Å²) in [5.74, 6) is 0. The monoisotopic (exact) mass is 474 g/mol. The van der Waals surface area contributed by atoms with E-state index in [9.17, 15) is 10.1 Å². The van der Waals surface area contributed by atoms with Gasteiger partial charge in [-0.15, -0.1) is 11.3 Å². The van der Waals surface area contributed by atoms with Gasteiger partial charge in [0.1, 0.15) is 16.7 Å². The maximum absolute atomic E-state index is 12.7. The molecule has 0 atom stereocenters. The van der Waals surface area contributed by atoms with Crippen LogP contribution in [-0.4, -0.2) is 4.98 Å². The van der Waals surface area contributed by atoms with E-state index in [0.29, 0.717) is 43.0 Å². The molecule has 4 nitrogen and oxygen atoms in total. The van der Waals surface area contributed by atoms with Gasteiger partial charge in [0.15, 0.2) is 0 Å². The van der Waals surface area contributed by atoms with Crippen molar-refractivity contribution in [1.82, 2.24) is 4.98 Å². The molecule has 5 rings (SSSR count). The van der Waals surface area contributed by atoms with Crippen LogP contribution in [0, 0.1) is 11.3 Å². The predicted molar refractivity (Wildman–Crippen MR) is 131 cm³/mol. The molecule has 0 aliphatic carbocycles. The number of hydrogen-bond acceptors (Lipinski definition) is 5. The zero-order valence-corrected chi connectivity index (χ0v) is 18.6. The molecule has 3 aromatic carbocycles. The summed E-state index contributed by atoms with van der Waals surface area (Å²) in [6.45, 7) is 0. The molecule has 32 heavy (non-hydrogen) atoms. The molecule has 2 aromatic heterocycles. The van der Waals surface area contributed by atoms with Crippen molar-refractivity contribution in [1.29, 1.82) is 5.26 Å². The normalized spacial score (nSPS) is 11.7. The lowest BCUT2D eigenvalue weighted by molar-refractivity contribution is 0.563. The lowest BCUT2D eigenvalue weighted by atomic mass is 10.0. The lowest BCUT2D eigenvalue weighted by Gasteiger charge is -2.04. The first-order valence-electron chi connectivity index (χ1n) is 9.52. The van der Waals surface area contributed by atoms with E-state index >= 15 is 0 Å². The zero-order valence-electron chi connectivity index (χ0n) is 16.3. The molecule has 0 aliphatic heterocycles. The van der Waals surface area contributed by atoms with Gasteiger partial charge < -0.3 is 4.42 Å². The Kier molecular flexibility index (Phi) is 5.28. The van der Waals surface area contributed by atoms with Crippen LogP contribution in [0.15, 0.2) is 75.3 Å². The van der Waals surface area contributed by atoms with Crippen LogP contribution in [0.5, 0.6) is 0 Å². The summed E-state index contributed by atoms with van der Waals surface area (Å²) in [6, 6.07) is 20.6. The average Bonchev–Trinajstić information content (AvgIpc) is 3.28. The van der Waals surface area contributed by atoms with E-state index in [1.165, 1.54) is 11.3 Å². The summed E-state index contributed by atoms with van der Waals surface area (Å²) in [4.78, 5) is 17.2. The van der Waals surface area contributed by atoms with E-state index in [4.69, 9.17) is 27.6 Å². The fourth-order valence-corrected chi connectivity index (χ4v) is 4.74. The Morgan fingerprint density at radius 3 is 2.72 bits per heavy atom. The summed E-state index contributed by atoms with van der Waals surface area (Å²) >= 11 is 13.5. The largest absolute Gasteiger partial charge is 0.422 e. The van der Waals surface area contributed by atoms with Gasteiger partial charge in [0, 0.05) is 20.8 Å². The maximum Gasteiger partial charge on any atom is 0.345 e. The minimum atomic E-state index is -0.479. The molecule has 0 N–H and O–H groups in total. The molecule has 0 saturated carbocycles. The van der Waals surface area contributed by atoms with E-state index < -0.39 is 5.63 Å². The number of fused-ring (bicyclic) bond motifs is 3. The standard InChI is InChI=1S/C25H12Cl2N2O2S/c26-17-7-5-15(21(27)10-17)9-16(12-28)24-29-22(13-32-24)20-11-19-18-4-2-1-3-14(18)6-8-23(19)31-25(20)30/h1-11,13H/b16-9-. The first-order valence-corrected chi connectivity index (χ1v) is 11.2. The SMILES string of the molecule is N#C/C(=C/c1ccc(Cl)cc1Cl)c1nc(-c2cc3c(ccc4ccccc43)oc2=O)cs1. The minimum Gasteiger partial charge on any atom is -0.422 e. The Labute approximate surface area is 196 Å². The van der Waals surface area contributed by atoms with Crippen molar-refractivity contribution in [2.75, 3.05) is 0 Å². The smallest absolute Gasteiger partial charge is 0.345 e. The minimum absolute atomic E-state index is 0.334. The molecule has 0 spiro atoms. The number of thiazole rings is 1. The van der Waals surface area contributed by atoms with Crippen molar-refractivity contribution in [3.63, 3.8) is 0 Å². The number of aromatic nitrogens is 1. The van der Waals surface area contributed by atoms with Crippen LogP contribution in [0.4, 0.5) is 0 Å². The molecule has 7 heteroatoms.